The van der Waals surface area contributed by atoms with Gasteiger partial charge < -0.3 is 0 Å². The molecule has 0 bridgehead atoms. The van der Waals surface area contributed by atoms with Crippen LogP contribution in [0.2, 0.25) is 0 Å². The van der Waals surface area contributed by atoms with Crippen molar-refractivity contribution in [2.75, 3.05) is 0 Å². The molecule has 1 rings (SSSR count). The van der Waals surface area contributed by atoms with Crippen LogP contribution in [0.5, 0.6) is 0 Å². The fourth-order valence-corrected chi connectivity index (χ4v) is 1.81. The maximum absolute atomic E-state index is 12.5. The van der Waals surface area contributed by atoms with E-state index in [0.717, 1.165) is 0 Å². The second-order valence-electron chi connectivity index (χ2n) is 2.99. The molecule has 92 valence electrons. The lowest BCUT2D eigenvalue weighted by atomic mass is 10.1. The van der Waals surface area contributed by atoms with Gasteiger partial charge in [-0.2, -0.15) is 31.6 Å². The minimum atomic E-state index is -4.93. The van der Waals surface area contributed by atoms with Crippen molar-refractivity contribution in [1.82, 2.24) is 0 Å². The summed E-state index contributed by atoms with van der Waals surface area (Å²) in [6.07, 6.45) is -9.85. The first-order valence-corrected chi connectivity index (χ1v) is 5.03. The third-order valence-electron chi connectivity index (χ3n) is 1.83. The lowest BCUT2D eigenvalue weighted by Crippen LogP contribution is -2.13. The molecule has 0 saturated heterocycles. The zero-order valence-electron chi connectivity index (χ0n) is 7.75. The number of hydrogen-bond acceptors (Lipinski definition) is 1. The molecule has 0 aromatic heterocycles. The van der Waals surface area contributed by atoms with Gasteiger partial charge >= 0.3 is 12.4 Å². The molecule has 0 spiro atoms. The van der Waals surface area contributed by atoms with Crippen LogP contribution in [-0.2, 0) is 12.4 Å². The summed E-state index contributed by atoms with van der Waals surface area (Å²) in [7, 11) is 0. The van der Waals surface area contributed by atoms with Gasteiger partial charge in [0.05, 0.1) is 16.7 Å². The first-order valence-electron chi connectivity index (χ1n) is 3.95. The molecule has 0 aliphatic heterocycles. The highest BCUT2D eigenvalue weighted by molar-refractivity contribution is 14.1. The van der Waals surface area contributed by atoms with Gasteiger partial charge in [0.25, 0.3) is 0 Å². The summed E-state index contributed by atoms with van der Waals surface area (Å²) in [5.74, 6) is 0. The van der Waals surface area contributed by atoms with E-state index in [1.807, 2.05) is 0 Å². The van der Waals surface area contributed by atoms with Crippen LogP contribution >= 0.6 is 22.6 Å². The Bertz CT molecular complexity index is 482. The molecule has 0 N–H and O–H groups in total. The Labute approximate surface area is 105 Å². The van der Waals surface area contributed by atoms with E-state index in [4.69, 9.17) is 5.26 Å². The predicted molar refractivity (Wildman–Crippen MR) is 53.9 cm³/mol. The standard InChI is InChI=1S/C9H2F6IN/c10-8(11,12)5-1-4(3-17)7(16)6(2-5)9(13,14)15/h1-2H. The molecule has 1 aromatic rings. The number of nitrogens with zero attached hydrogens (tertiary/aromatic N) is 1. The van der Waals surface area contributed by atoms with E-state index in [2.05, 4.69) is 0 Å². The molecule has 0 unspecified atom stereocenters. The molecule has 0 radical (unpaired) electrons. The summed E-state index contributed by atoms with van der Waals surface area (Å²) < 4.78 is 73.8. The van der Waals surface area contributed by atoms with E-state index < -0.39 is 32.6 Å². The maximum atomic E-state index is 12.5. The first-order chi connectivity index (χ1) is 7.57. The van der Waals surface area contributed by atoms with E-state index in [1.54, 1.807) is 0 Å². The van der Waals surface area contributed by atoms with Gasteiger partial charge in [0, 0.05) is 3.57 Å². The van der Waals surface area contributed by atoms with Crippen molar-refractivity contribution in [3.8, 4) is 6.07 Å². The lowest BCUT2D eigenvalue weighted by molar-refractivity contribution is -0.143. The quantitative estimate of drug-likeness (QED) is 0.500. The molecule has 17 heavy (non-hydrogen) atoms. The van der Waals surface area contributed by atoms with Crippen LogP contribution in [0.25, 0.3) is 0 Å². The van der Waals surface area contributed by atoms with E-state index in [9.17, 15) is 26.3 Å². The second-order valence-corrected chi connectivity index (χ2v) is 4.07. The first kappa shape index (κ1) is 14.1. The Kier molecular flexibility index (Phi) is 3.61. The van der Waals surface area contributed by atoms with Crippen LogP contribution in [0, 0.1) is 14.9 Å². The minimum absolute atomic E-state index is 0.00259. The Balaban J connectivity index is 3.58. The number of rotatable bonds is 0. The third-order valence-corrected chi connectivity index (χ3v) is 2.99. The van der Waals surface area contributed by atoms with Gasteiger partial charge in [-0.05, 0) is 34.7 Å². The normalized spacial score (nSPS) is 12.4. The van der Waals surface area contributed by atoms with Crippen molar-refractivity contribution in [2.24, 2.45) is 0 Å². The van der Waals surface area contributed by atoms with Crippen molar-refractivity contribution in [1.29, 1.82) is 5.26 Å². The lowest BCUT2D eigenvalue weighted by Gasteiger charge is -2.14. The van der Waals surface area contributed by atoms with Crippen LogP contribution in [-0.4, -0.2) is 0 Å². The third kappa shape index (κ3) is 3.02. The highest BCUT2D eigenvalue weighted by Gasteiger charge is 2.39. The fourth-order valence-electron chi connectivity index (χ4n) is 1.08. The number of nitriles is 1. The molecule has 0 aliphatic rings. The number of halogens is 7. The summed E-state index contributed by atoms with van der Waals surface area (Å²) >= 11 is 1.20. The van der Waals surface area contributed by atoms with Gasteiger partial charge in [0.2, 0.25) is 0 Å². The van der Waals surface area contributed by atoms with Crippen molar-refractivity contribution in [3.05, 3.63) is 32.4 Å². The zero-order valence-corrected chi connectivity index (χ0v) is 9.91. The van der Waals surface area contributed by atoms with Gasteiger partial charge in [0.1, 0.15) is 6.07 Å². The smallest absolute Gasteiger partial charge is 0.192 e. The summed E-state index contributed by atoms with van der Waals surface area (Å²) in [5, 5.41) is 8.51. The Hall–Kier alpha value is -0.980. The van der Waals surface area contributed by atoms with Crippen molar-refractivity contribution in [3.63, 3.8) is 0 Å². The van der Waals surface area contributed by atoms with Crippen LogP contribution in [0.3, 0.4) is 0 Å². The number of alkyl halides is 6. The second kappa shape index (κ2) is 4.36. The summed E-state index contributed by atoms with van der Waals surface area (Å²) in [6, 6.07) is 1.72. The fraction of sp³-hybridized carbons (Fsp3) is 0.222. The van der Waals surface area contributed by atoms with E-state index >= 15 is 0 Å². The van der Waals surface area contributed by atoms with Crippen LogP contribution in [0.1, 0.15) is 16.7 Å². The molecular weight excluding hydrogens is 363 g/mol. The van der Waals surface area contributed by atoms with Gasteiger partial charge in [-0.25, -0.2) is 0 Å². The molecule has 0 amide bonds. The van der Waals surface area contributed by atoms with Gasteiger partial charge in [-0.1, -0.05) is 0 Å². The molecule has 0 aliphatic carbocycles. The maximum Gasteiger partial charge on any atom is 0.417 e. The van der Waals surface area contributed by atoms with Gasteiger partial charge in [-0.15, -0.1) is 0 Å². The predicted octanol–water partition coefficient (Wildman–Crippen LogP) is 4.20. The molecule has 8 heteroatoms. The van der Waals surface area contributed by atoms with Crippen molar-refractivity contribution in [2.45, 2.75) is 12.4 Å². The monoisotopic (exact) mass is 365 g/mol. The Morgan fingerprint density at radius 3 is 1.88 bits per heavy atom. The molecule has 0 saturated carbocycles. The zero-order chi connectivity index (χ0) is 13.4. The molecule has 0 fully saturated rings. The van der Waals surface area contributed by atoms with Crippen LogP contribution in [0.15, 0.2) is 12.1 Å². The molecule has 0 heterocycles. The van der Waals surface area contributed by atoms with Gasteiger partial charge in [-0.3, -0.25) is 0 Å². The van der Waals surface area contributed by atoms with Crippen molar-refractivity contribution >= 4 is 22.6 Å². The molecular formula is C9H2F6IN. The highest BCUT2D eigenvalue weighted by Crippen LogP contribution is 2.39. The molecule has 0 atom stereocenters. The summed E-state index contributed by atoms with van der Waals surface area (Å²) in [5.41, 5.74) is -3.58. The average Bonchev–Trinajstić information content (AvgIpc) is 2.14. The van der Waals surface area contributed by atoms with Crippen molar-refractivity contribution < 1.29 is 26.3 Å². The topological polar surface area (TPSA) is 23.8 Å². The number of hydrogen-bond donors (Lipinski definition) is 0. The highest BCUT2D eigenvalue weighted by atomic mass is 127. The van der Waals surface area contributed by atoms with E-state index in [0.29, 0.717) is 6.07 Å². The number of benzene rings is 1. The SMILES string of the molecule is N#Cc1cc(C(F)(F)F)cc(C(F)(F)F)c1I. The molecule has 1 aromatic carbocycles. The van der Waals surface area contributed by atoms with E-state index in [-0.39, 0.29) is 6.07 Å². The minimum Gasteiger partial charge on any atom is -0.192 e. The van der Waals surface area contributed by atoms with Gasteiger partial charge in [0.15, 0.2) is 0 Å². The molecule has 1 nitrogen and oxygen atoms in total. The summed E-state index contributed by atoms with van der Waals surface area (Å²) in [6.45, 7) is 0. The summed E-state index contributed by atoms with van der Waals surface area (Å²) in [4.78, 5) is 0. The average molecular weight is 365 g/mol. The van der Waals surface area contributed by atoms with Crippen LogP contribution in [0.4, 0.5) is 26.3 Å². The van der Waals surface area contributed by atoms with E-state index in [1.165, 1.54) is 28.7 Å². The Morgan fingerprint density at radius 1 is 1.00 bits per heavy atom. The largest absolute Gasteiger partial charge is 0.417 e. The van der Waals surface area contributed by atoms with Crippen LogP contribution < -0.4 is 0 Å². The Morgan fingerprint density at radius 2 is 1.53 bits per heavy atom.